The van der Waals surface area contributed by atoms with Crippen molar-refractivity contribution in [2.45, 2.75) is 0 Å². The van der Waals surface area contributed by atoms with Crippen LogP contribution in [0.1, 0.15) is 0 Å². The fourth-order valence-electron chi connectivity index (χ4n) is 10.6. The number of hydrogen-bond acceptors (Lipinski definition) is 5. The molecule has 0 fully saturated rings. The molecule has 3 heterocycles. The number of rotatable bonds is 9. The van der Waals surface area contributed by atoms with Gasteiger partial charge in [-0.25, -0.2) is 0 Å². The normalized spacial score (nSPS) is 11.7. The highest BCUT2D eigenvalue weighted by Crippen LogP contribution is 2.53. The highest BCUT2D eigenvalue weighted by molar-refractivity contribution is 7.27. The predicted molar refractivity (Wildman–Crippen MR) is 311 cm³/mol. The first-order chi connectivity index (χ1) is 35.2. The van der Waals surface area contributed by atoms with E-state index >= 15 is 0 Å². The molecule has 2 nitrogen and oxygen atoms in total. The zero-order valence-electron chi connectivity index (χ0n) is 38.4. The topological polar surface area (TPSA) is 6.48 Å². The molecule has 0 unspecified atom stereocenters. The van der Waals surface area contributed by atoms with Crippen LogP contribution < -0.4 is 9.80 Å². The first kappa shape index (κ1) is 41.6. The molecule has 11 aromatic carbocycles. The molecule has 0 saturated carbocycles. The Morgan fingerprint density at radius 3 is 1.07 bits per heavy atom. The van der Waals surface area contributed by atoms with Crippen molar-refractivity contribution < 1.29 is 0 Å². The van der Waals surface area contributed by atoms with Crippen molar-refractivity contribution in [2.75, 3.05) is 9.80 Å². The zero-order chi connectivity index (χ0) is 46.8. The van der Waals surface area contributed by atoms with Gasteiger partial charge in [-0.3, -0.25) is 0 Å². The number of thiophene rings is 3. The Kier molecular flexibility index (Phi) is 10.1. The second kappa shape index (κ2) is 17.3. The Labute approximate surface area is 423 Å². The fourth-order valence-corrected chi connectivity index (χ4v) is 14.2. The molecule has 0 atom stereocenters. The molecule has 0 aliphatic heterocycles. The molecule has 5 heteroatoms. The van der Waals surface area contributed by atoms with E-state index in [2.05, 4.69) is 265 Å². The molecule has 0 spiro atoms. The van der Waals surface area contributed by atoms with Crippen LogP contribution in [0.25, 0.3) is 93.9 Å². The van der Waals surface area contributed by atoms with Gasteiger partial charge in [0.25, 0.3) is 0 Å². The molecule has 71 heavy (non-hydrogen) atoms. The zero-order valence-corrected chi connectivity index (χ0v) is 40.8. The van der Waals surface area contributed by atoms with Gasteiger partial charge in [-0.15, -0.1) is 34.0 Å². The van der Waals surface area contributed by atoms with Crippen LogP contribution in [-0.4, -0.2) is 0 Å². The van der Waals surface area contributed by atoms with Crippen LogP contribution in [0.15, 0.2) is 255 Å². The van der Waals surface area contributed by atoms with Crippen LogP contribution in [-0.2, 0) is 0 Å². The average molecular weight is 959 g/mol. The summed E-state index contributed by atoms with van der Waals surface area (Å²) >= 11 is 5.62. The summed E-state index contributed by atoms with van der Waals surface area (Å²) in [5.41, 5.74) is 13.8. The maximum Gasteiger partial charge on any atom is 0.0641 e. The van der Waals surface area contributed by atoms with Gasteiger partial charge < -0.3 is 9.80 Å². The second-order valence-electron chi connectivity index (χ2n) is 18.0. The number of nitrogens with zero attached hydrogens (tertiary/aromatic N) is 2. The van der Waals surface area contributed by atoms with Crippen LogP contribution in [0, 0.1) is 0 Å². The first-order valence-electron chi connectivity index (χ1n) is 24.0. The number of para-hydroxylation sites is 2. The van der Waals surface area contributed by atoms with Crippen molar-refractivity contribution >= 4 is 129 Å². The maximum atomic E-state index is 2.55. The lowest BCUT2D eigenvalue weighted by Gasteiger charge is -2.32. The standard InChI is InChI=1S/C66H42N2S3/c1-2-18-43(19-3-1)44-38-40-45(41-39-44)46-20-14-21-47(42-46)67(58-32-15-27-53-50-24-6-11-35-61(50)69-64(53)58)56-30-9-4-22-48(56)49-23-5-10-31-57(49)68(59-33-16-28-54-51-25-7-12-36-62(51)70-65(54)59)60-34-17-29-55-52-26-8-13-37-63(52)71-66(55)60/h1-42H. The van der Waals surface area contributed by atoms with E-state index in [0.717, 1.165) is 50.8 Å². The van der Waals surface area contributed by atoms with E-state index in [1.165, 1.54) is 77.2 Å². The summed E-state index contributed by atoms with van der Waals surface area (Å²) in [4.78, 5) is 5.06. The Bertz CT molecular complexity index is 4200. The van der Waals surface area contributed by atoms with Gasteiger partial charge in [-0.05, 0) is 82.9 Å². The Balaban J connectivity index is 1.01. The van der Waals surface area contributed by atoms with Crippen molar-refractivity contribution in [2.24, 2.45) is 0 Å². The number of hydrogen-bond donors (Lipinski definition) is 0. The van der Waals surface area contributed by atoms with Crippen molar-refractivity contribution in [1.29, 1.82) is 0 Å². The Morgan fingerprint density at radius 2 is 0.563 bits per heavy atom. The molecule has 3 aromatic heterocycles. The van der Waals surface area contributed by atoms with Crippen LogP contribution in [0.5, 0.6) is 0 Å². The van der Waals surface area contributed by atoms with Crippen LogP contribution in [0.2, 0.25) is 0 Å². The molecular weight excluding hydrogens is 917 g/mol. The molecule has 0 aliphatic carbocycles. The summed E-state index contributed by atoms with van der Waals surface area (Å²) in [6.07, 6.45) is 0. The van der Waals surface area contributed by atoms with Gasteiger partial charge in [0.2, 0.25) is 0 Å². The van der Waals surface area contributed by atoms with E-state index in [9.17, 15) is 0 Å². The van der Waals surface area contributed by atoms with Crippen molar-refractivity contribution in [3.05, 3.63) is 255 Å². The van der Waals surface area contributed by atoms with Gasteiger partial charge in [-0.1, -0.05) is 194 Å². The molecule has 0 amide bonds. The summed E-state index contributed by atoms with van der Waals surface area (Å²) in [7, 11) is 0. The molecule has 14 rings (SSSR count). The van der Waals surface area contributed by atoms with Crippen LogP contribution in [0.4, 0.5) is 34.1 Å². The summed E-state index contributed by atoms with van der Waals surface area (Å²) in [5, 5.41) is 7.65. The second-order valence-corrected chi connectivity index (χ2v) is 21.1. The summed E-state index contributed by atoms with van der Waals surface area (Å²) in [6, 6.07) is 93.7. The van der Waals surface area contributed by atoms with E-state index in [4.69, 9.17) is 0 Å². The van der Waals surface area contributed by atoms with Crippen molar-refractivity contribution in [3.8, 4) is 33.4 Å². The van der Waals surface area contributed by atoms with Crippen LogP contribution in [0.3, 0.4) is 0 Å². The Hall–Kier alpha value is -8.32. The van der Waals surface area contributed by atoms with Gasteiger partial charge in [0.05, 0.1) is 42.5 Å². The first-order valence-corrected chi connectivity index (χ1v) is 26.4. The third kappa shape index (κ3) is 7.04. The van der Waals surface area contributed by atoms with E-state index in [1.54, 1.807) is 0 Å². The maximum absolute atomic E-state index is 2.55. The molecule has 0 bridgehead atoms. The monoisotopic (exact) mass is 958 g/mol. The van der Waals surface area contributed by atoms with Gasteiger partial charge in [0, 0.05) is 63.2 Å². The lowest BCUT2D eigenvalue weighted by molar-refractivity contribution is 1.29. The van der Waals surface area contributed by atoms with E-state index in [-0.39, 0.29) is 0 Å². The highest BCUT2D eigenvalue weighted by atomic mass is 32.1. The lowest BCUT2D eigenvalue weighted by atomic mass is 9.97. The molecule has 14 aromatic rings. The number of benzene rings is 11. The van der Waals surface area contributed by atoms with Gasteiger partial charge in [-0.2, -0.15) is 0 Å². The van der Waals surface area contributed by atoms with E-state index < -0.39 is 0 Å². The van der Waals surface area contributed by atoms with E-state index in [1.807, 2.05) is 34.0 Å². The molecule has 0 aliphatic rings. The molecule has 334 valence electrons. The Morgan fingerprint density at radius 1 is 0.225 bits per heavy atom. The fraction of sp³-hybridized carbons (Fsp3) is 0. The molecule has 0 radical (unpaired) electrons. The van der Waals surface area contributed by atoms with Gasteiger partial charge in [0.1, 0.15) is 0 Å². The number of fused-ring (bicyclic) bond motifs is 9. The third-order valence-corrected chi connectivity index (χ3v) is 17.5. The summed E-state index contributed by atoms with van der Waals surface area (Å²) < 4.78 is 7.64. The van der Waals surface area contributed by atoms with E-state index in [0.29, 0.717) is 0 Å². The minimum absolute atomic E-state index is 1.09. The van der Waals surface area contributed by atoms with Gasteiger partial charge >= 0.3 is 0 Å². The summed E-state index contributed by atoms with van der Waals surface area (Å²) in [5.74, 6) is 0. The quantitative estimate of drug-likeness (QED) is 0.142. The average Bonchev–Trinajstić information content (AvgIpc) is 4.15. The molecule has 0 saturated heterocycles. The predicted octanol–water partition coefficient (Wildman–Crippen LogP) is 20.7. The summed E-state index contributed by atoms with van der Waals surface area (Å²) in [6.45, 7) is 0. The SMILES string of the molecule is c1ccc(-c2ccc(-c3cccc(N(c4ccccc4-c4ccccc4N(c4cccc5c4sc4ccccc45)c4cccc5c4sc4ccccc45)c4cccc5c4sc4ccccc45)c3)cc2)cc1. The minimum Gasteiger partial charge on any atom is -0.308 e. The van der Waals surface area contributed by atoms with Crippen molar-refractivity contribution in [1.82, 2.24) is 0 Å². The third-order valence-electron chi connectivity index (χ3n) is 13.9. The van der Waals surface area contributed by atoms with Gasteiger partial charge in [0.15, 0.2) is 0 Å². The largest absolute Gasteiger partial charge is 0.308 e. The number of anilines is 6. The lowest BCUT2D eigenvalue weighted by Crippen LogP contribution is -2.14. The van der Waals surface area contributed by atoms with Crippen molar-refractivity contribution in [3.63, 3.8) is 0 Å². The highest BCUT2D eigenvalue weighted by Gasteiger charge is 2.27. The smallest absolute Gasteiger partial charge is 0.0641 e. The minimum atomic E-state index is 1.09. The molecule has 0 N–H and O–H groups in total. The van der Waals surface area contributed by atoms with Crippen LogP contribution >= 0.6 is 34.0 Å². The molecular formula is C66H42N2S3.